The minimum Gasteiger partial charge on any atom is -0.492 e. The summed E-state index contributed by atoms with van der Waals surface area (Å²) >= 11 is 12.2. The maximum atomic E-state index is 12.9. The molecule has 10 heteroatoms. The number of hydrogen-bond donors (Lipinski definition) is 1. The summed E-state index contributed by atoms with van der Waals surface area (Å²) in [4.78, 5) is 39.7. The highest BCUT2D eigenvalue weighted by Gasteiger charge is 2.18. The lowest BCUT2D eigenvalue weighted by Gasteiger charge is -2.25. The number of nitrogens with zero attached hydrogens (tertiary/aromatic N) is 2. The molecule has 1 amide bonds. The van der Waals surface area contributed by atoms with Crippen molar-refractivity contribution in [3.05, 3.63) is 129 Å². The Morgan fingerprint density at radius 2 is 1.20 bits per heavy atom. The van der Waals surface area contributed by atoms with E-state index in [1.165, 1.54) is 29.2 Å². The average molecular weight is 650 g/mol. The summed E-state index contributed by atoms with van der Waals surface area (Å²) in [5.41, 5.74) is 2.85. The highest BCUT2D eigenvalue weighted by atomic mass is 35.5. The Balaban J connectivity index is 1.23. The van der Waals surface area contributed by atoms with Crippen LogP contribution < -0.4 is 9.47 Å². The van der Waals surface area contributed by atoms with Crippen molar-refractivity contribution in [2.75, 3.05) is 46.9 Å². The second kappa shape index (κ2) is 16.1. The molecule has 0 unspecified atom stereocenters. The van der Waals surface area contributed by atoms with Gasteiger partial charge in [0.05, 0.1) is 12.1 Å². The van der Waals surface area contributed by atoms with E-state index in [1.807, 2.05) is 55.6 Å². The van der Waals surface area contributed by atoms with Gasteiger partial charge in [-0.05, 0) is 91.0 Å². The van der Waals surface area contributed by atoms with Gasteiger partial charge in [-0.2, -0.15) is 0 Å². The molecule has 0 heterocycles. The monoisotopic (exact) mass is 648 g/mol. The molecule has 0 spiro atoms. The van der Waals surface area contributed by atoms with Gasteiger partial charge in [0.25, 0.3) is 5.91 Å². The van der Waals surface area contributed by atoms with E-state index in [2.05, 4.69) is 4.90 Å². The molecule has 0 saturated carbocycles. The first-order valence-electron chi connectivity index (χ1n) is 14.2. The molecule has 0 aliphatic carbocycles. The Morgan fingerprint density at radius 1 is 0.711 bits per heavy atom. The van der Waals surface area contributed by atoms with Crippen LogP contribution in [0.15, 0.2) is 97.1 Å². The van der Waals surface area contributed by atoms with Gasteiger partial charge in [0.15, 0.2) is 5.78 Å². The molecule has 4 rings (SSSR count). The van der Waals surface area contributed by atoms with E-state index in [4.69, 9.17) is 37.8 Å². The van der Waals surface area contributed by atoms with Crippen molar-refractivity contribution in [3.63, 3.8) is 0 Å². The Kier molecular flexibility index (Phi) is 12.0. The van der Waals surface area contributed by atoms with Gasteiger partial charge in [-0.15, -0.1) is 0 Å². The summed E-state index contributed by atoms with van der Waals surface area (Å²) in [6.07, 6.45) is 0. The fourth-order valence-corrected chi connectivity index (χ4v) is 4.92. The molecule has 45 heavy (non-hydrogen) atoms. The molecule has 0 saturated heterocycles. The summed E-state index contributed by atoms with van der Waals surface area (Å²) in [7, 11) is 3.59. The average Bonchev–Trinajstić information content (AvgIpc) is 3.04. The minimum atomic E-state index is -1.05. The smallest absolute Gasteiger partial charge is 0.335 e. The molecule has 4 aromatic carbocycles. The standard InChI is InChI=1S/C35H34Cl2N2O6/c1-38(22-33(24-3-11-28(36)12-4-24)25-5-13-29(37)14-6-25)19-20-44-31-15-7-26(8-16-31)34(41)39(2)21-30(40)23-45-32-17-9-27(10-18-32)35(42)43/h3-18,33H,19-23H2,1-2H3,(H,42,43). The Labute approximate surface area is 272 Å². The van der Waals surface area contributed by atoms with Gasteiger partial charge < -0.3 is 24.4 Å². The molecule has 0 fully saturated rings. The highest BCUT2D eigenvalue weighted by Crippen LogP contribution is 2.28. The lowest BCUT2D eigenvalue weighted by Crippen LogP contribution is -2.34. The van der Waals surface area contributed by atoms with Crippen molar-refractivity contribution in [1.82, 2.24) is 9.80 Å². The number of aromatic carboxylic acids is 1. The Hall–Kier alpha value is -4.37. The number of carbonyl (C=O) groups is 3. The predicted molar refractivity (Wildman–Crippen MR) is 175 cm³/mol. The number of ether oxygens (including phenoxy) is 2. The van der Waals surface area contributed by atoms with E-state index < -0.39 is 5.97 Å². The summed E-state index contributed by atoms with van der Waals surface area (Å²) in [5.74, 6) is -0.534. The minimum absolute atomic E-state index is 0.121. The predicted octanol–water partition coefficient (Wildman–Crippen LogP) is 6.55. The lowest BCUT2D eigenvalue weighted by molar-refractivity contribution is -0.121. The number of benzene rings is 4. The van der Waals surface area contributed by atoms with Crippen LogP contribution in [0, 0.1) is 0 Å². The zero-order valence-corrected chi connectivity index (χ0v) is 26.5. The number of likely N-dealkylation sites (N-methyl/N-ethyl adjacent to an activating group) is 2. The Morgan fingerprint density at radius 3 is 1.71 bits per heavy atom. The number of carbonyl (C=O) groups excluding carboxylic acids is 2. The maximum Gasteiger partial charge on any atom is 0.335 e. The molecule has 0 aliphatic heterocycles. The summed E-state index contributed by atoms with van der Waals surface area (Å²) < 4.78 is 11.4. The van der Waals surface area contributed by atoms with Crippen molar-refractivity contribution in [2.24, 2.45) is 0 Å². The first kappa shape index (κ1) is 33.5. The molecule has 0 bridgehead atoms. The number of rotatable bonds is 15. The quantitative estimate of drug-likeness (QED) is 0.156. The zero-order valence-electron chi connectivity index (χ0n) is 25.0. The van der Waals surface area contributed by atoms with Crippen molar-refractivity contribution in [1.29, 1.82) is 0 Å². The lowest BCUT2D eigenvalue weighted by atomic mass is 9.91. The van der Waals surface area contributed by atoms with E-state index in [-0.39, 0.29) is 36.3 Å². The third-order valence-corrected chi connectivity index (χ3v) is 7.65. The third kappa shape index (κ3) is 10.1. The van der Waals surface area contributed by atoms with Crippen LogP contribution in [0.1, 0.15) is 37.8 Å². The van der Waals surface area contributed by atoms with E-state index in [1.54, 1.807) is 31.3 Å². The number of ketones is 1. The first-order valence-corrected chi connectivity index (χ1v) is 15.0. The van der Waals surface area contributed by atoms with Gasteiger partial charge in [0, 0.05) is 41.7 Å². The third-order valence-electron chi connectivity index (χ3n) is 7.14. The van der Waals surface area contributed by atoms with Crippen LogP contribution in [0.2, 0.25) is 10.0 Å². The van der Waals surface area contributed by atoms with Gasteiger partial charge in [0.2, 0.25) is 0 Å². The summed E-state index contributed by atoms with van der Waals surface area (Å²) in [5, 5.41) is 10.4. The highest BCUT2D eigenvalue weighted by molar-refractivity contribution is 6.30. The van der Waals surface area contributed by atoms with Crippen molar-refractivity contribution < 1.29 is 29.0 Å². The summed E-state index contributed by atoms with van der Waals surface area (Å²) in [6.45, 7) is 1.50. The fraction of sp³-hybridized carbons (Fsp3) is 0.229. The van der Waals surface area contributed by atoms with Crippen LogP contribution in [0.5, 0.6) is 11.5 Å². The van der Waals surface area contributed by atoms with Gasteiger partial charge in [-0.25, -0.2) is 4.79 Å². The van der Waals surface area contributed by atoms with Crippen molar-refractivity contribution in [2.45, 2.75) is 5.92 Å². The normalized spacial score (nSPS) is 11.0. The summed E-state index contributed by atoms with van der Waals surface area (Å²) in [6, 6.07) is 28.3. The topological polar surface area (TPSA) is 96.4 Å². The number of carboxylic acid groups (broad SMARTS) is 1. The molecule has 234 valence electrons. The largest absolute Gasteiger partial charge is 0.492 e. The van der Waals surface area contributed by atoms with E-state index in [9.17, 15) is 14.4 Å². The van der Waals surface area contributed by atoms with Crippen LogP contribution in [-0.4, -0.2) is 79.5 Å². The second-order valence-corrected chi connectivity index (χ2v) is 11.5. The molecule has 0 aliphatic rings. The molecule has 8 nitrogen and oxygen atoms in total. The second-order valence-electron chi connectivity index (χ2n) is 10.6. The molecule has 0 atom stereocenters. The van der Waals surface area contributed by atoms with Gasteiger partial charge in [0.1, 0.15) is 24.7 Å². The number of hydrogen-bond acceptors (Lipinski definition) is 6. The molecule has 0 radical (unpaired) electrons. The van der Waals surface area contributed by atoms with E-state index in [0.717, 1.165) is 17.7 Å². The van der Waals surface area contributed by atoms with Crippen molar-refractivity contribution in [3.8, 4) is 11.5 Å². The molecule has 0 aromatic heterocycles. The number of carboxylic acids is 1. The number of halogens is 2. The maximum absolute atomic E-state index is 12.9. The first-order chi connectivity index (χ1) is 21.6. The Bertz CT molecular complexity index is 1530. The number of Topliss-reactive ketones (excluding diaryl/α,β-unsaturated/α-hetero) is 1. The molecule has 1 N–H and O–H groups in total. The van der Waals surface area contributed by atoms with Crippen molar-refractivity contribution >= 4 is 40.9 Å². The van der Waals surface area contributed by atoms with E-state index >= 15 is 0 Å². The van der Waals surface area contributed by atoms with Crippen LogP contribution in [0.4, 0.5) is 0 Å². The fourth-order valence-electron chi connectivity index (χ4n) is 4.67. The van der Waals surface area contributed by atoms with Gasteiger partial charge in [-0.3, -0.25) is 9.59 Å². The van der Waals surface area contributed by atoms with Crippen LogP contribution in [0.3, 0.4) is 0 Å². The number of amides is 1. The van der Waals surface area contributed by atoms with Gasteiger partial charge in [-0.1, -0.05) is 47.5 Å². The van der Waals surface area contributed by atoms with Crippen LogP contribution in [0.25, 0.3) is 0 Å². The SMILES string of the molecule is CN(CCOc1ccc(C(=O)N(C)CC(=O)COc2ccc(C(=O)O)cc2)cc1)CC(c1ccc(Cl)cc1)c1ccc(Cl)cc1. The molecular formula is C35H34Cl2N2O6. The van der Waals surface area contributed by atoms with Gasteiger partial charge >= 0.3 is 5.97 Å². The van der Waals surface area contributed by atoms with Crippen LogP contribution >= 0.6 is 23.2 Å². The molecule has 4 aromatic rings. The zero-order chi connectivity index (χ0) is 32.3. The molecular weight excluding hydrogens is 615 g/mol. The van der Waals surface area contributed by atoms with Crippen LogP contribution in [-0.2, 0) is 4.79 Å². The van der Waals surface area contributed by atoms with E-state index in [0.29, 0.717) is 40.3 Å².